The number of aryl methyl sites for hydroxylation is 2. The van der Waals surface area contributed by atoms with Crippen molar-refractivity contribution < 1.29 is 18.6 Å². The van der Waals surface area contributed by atoms with Gasteiger partial charge in [-0.05, 0) is 69.0 Å². The van der Waals surface area contributed by atoms with E-state index in [0.29, 0.717) is 40.2 Å². The lowest BCUT2D eigenvalue weighted by molar-refractivity contribution is -0.138. The van der Waals surface area contributed by atoms with Gasteiger partial charge in [0, 0.05) is 16.9 Å². The molecule has 0 radical (unpaired) electrons. The molecule has 0 unspecified atom stereocenters. The molecule has 2 N–H and O–H groups in total. The summed E-state index contributed by atoms with van der Waals surface area (Å²) in [7, 11) is 1.62. The van der Waals surface area contributed by atoms with Gasteiger partial charge in [-0.2, -0.15) is 10.5 Å². The summed E-state index contributed by atoms with van der Waals surface area (Å²) in [5.74, 6) is 1.85. The molecule has 10 heteroatoms. The number of aromatic nitrogens is 2. The van der Waals surface area contributed by atoms with Crippen LogP contribution in [0.2, 0.25) is 0 Å². The van der Waals surface area contributed by atoms with Crippen LogP contribution in [-0.4, -0.2) is 35.6 Å². The van der Waals surface area contributed by atoms with Crippen LogP contribution in [0.4, 0.5) is 5.82 Å². The van der Waals surface area contributed by atoms with E-state index in [0.717, 1.165) is 41.0 Å². The second kappa shape index (κ2) is 12.3. The van der Waals surface area contributed by atoms with Gasteiger partial charge in [0.1, 0.15) is 40.1 Å². The Bertz CT molecular complexity index is 1670. The molecule has 5 rings (SSSR count). The average Bonchev–Trinajstić information content (AvgIpc) is 3.55. The number of anilines is 1. The van der Waals surface area contributed by atoms with Crippen LogP contribution in [0.3, 0.4) is 0 Å². The van der Waals surface area contributed by atoms with Crippen LogP contribution in [0.15, 0.2) is 58.0 Å². The fourth-order valence-electron chi connectivity index (χ4n) is 4.82. The first kappa shape index (κ1) is 29.2. The summed E-state index contributed by atoms with van der Waals surface area (Å²) in [5, 5.41) is 20.6. The quantitative estimate of drug-likeness (QED) is 0.220. The largest absolute Gasteiger partial charge is 0.497 e. The normalized spacial score (nSPS) is 15.7. The number of nitrogens with two attached hydrogens (primary N) is 1. The molecule has 1 saturated heterocycles. The minimum absolute atomic E-state index is 0.0512. The van der Waals surface area contributed by atoms with E-state index in [1.54, 1.807) is 7.11 Å². The molecule has 0 spiro atoms. The number of thioether (sulfide) groups is 1. The molecule has 42 heavy (non-hydrogen) atoms. The van der Waals surface area contributed by atoms with Gasteiger partial charge < -0.3 is 24.4 Å². The van der Waals surface area contributed by atoms with Crippen LogP contribution < -0.4 is 10.5 Å². The Hall–Kier alpha value is -4.35. The highest BCUT2D eigenvalue weighted by Gasteiger charge is 2.32. The Morgan fingerprint density at radius 2 is 1.71 bits per heavy atom. The molecule has 9 nitrogen and oxygen atoms in total. The third-order valence-electron chi connectivity index (χ3n) is 7.06. The smallest absolute Gasteiger partial charge is 0.226 e. The molecule has 4 aromatic rings. The summed E-state index contributed by atoms with van der Waals surface area (Å²) in [5.41, 5.74) is 10.6. The molecule has 1 atom stereocenters. The Morgan fingerprint density at radius 1 is 1.02 bits per heavy atom. The lowest BCUT2D eigenvalue weighted by atomic mass is 9.95. The van der Waals surface area contributed by atoms with E-state index >= 15 is 0 Å². The maximum Gasteiger partial charge on any atom is 0.226 e. The summed E-state index contributed by atoms with van der Waals surface area (Å²) in [4.78, 5) is 9.10. The van der Waals surface area contributed by atoms with Crippen LogP contribution >= 0.6 is 11.8 Å². The van der Waals surface area contributed by atoms with Crippen LogP contribution in [-0.2, 0) is 21.6 Å². The van der Waals surface area contributed by atoms with Gasteiger partial charge in [-0.25, -0.2) is 9.97 Å². The first-order valence-corrected chi connectivity index (χ1v) is 14.5. The number of nitrogen functional groups attached to an aromatic ring is 1. The second-order valence-corrected chi connectivity index (χ2v) is 11.3. The average molecular weight is 582 g/mol. The van der Waals surface area contributed by atoms with Crippen molar-refractivity contribution in [3.8, 4) is 40.5 Å². The van der Waals surface area contributed by atoms with Gasteiger partial charge in [-0.3, -0.25) is 0 Å². The van der Waals surface area contributed by atoms with Crippen molar-refractivity contribution in [3.05, 3.63) is 76.7 Å². The molecule has 0 bridgehead atoms. The van der Waals surface area contributed by atoms with E-state index in [1.807, 2.05) is 69.3 Å². The summed E-state index contributed by atoms with van der Waals surface area (Å²) in [6.07, 6.45) is 1.70. The van der Waals surface area contributed by atoms with Crippen LogP contribution in [0.25, 0.3) is 22.6 Å². The van der Waals surface area contributed by atoms with Crippen molar-refractivity contribution in [2.24, 2.45) is 0 Å². The molecule has 214 valence electrons. The van der Waals surface area contributed by atoms with Crippen molar-refractivity contribution in [3.63, 3.8) is 0 Å². The molecule has 2 aromatic carbocycles. The minimum Gasteiger partial charge on any atom is -0.497 e. The topological polar surface area (TPSA) is 140 Å². The molecule has 2 aromatic heterocycles. The second-order valence-electron chi connectivity index (χ2n) is 10.4. The molecule has 1 aliphatic heterocycles. The van der Waals surface area contributed by atoms with Crippen molar-refractivity contribution in [1.82, 2.24) is 9.97 Å². The van der Waals surface area contributed by atoms with E-state index in [9.17, 15) is 10.5 Å². The van der Waals surface area contributed by atoms with Crippen LogP contribution in [0.1, 0.15) is 48.4 Å². The number of ether oxygens (including phenoxy) is 3. The molecule has 3 heterocycles. The Morgan fingerprint density at radius 3 is 2.33 bits per heavy atom. The Balaban J connectivity index is 1.36. The van der Waals surface area contributed by atoms with Gasteiger partial charge in [0.2, 0.25) is 5.89 Å². The predicted octanol–water partition coefficient (Wildman–Crippen LogP) is 6.42. The van der Waals surface area contributed by atoms with E-state index in [1.165, 1.54) is 11.8 Å². The molecule has 1 fully saturated rings. The monoisotopic (exact) mass is 581 g/mol. The lowest BCUT2D eigenvalue weighted by Crippen LogP contribution is -2.21. The van der Waals surface area contributed by atoms with Gasteiger partial charge in [0.25, 0.3) is 0 Å². The third-order valence-corrected chi connectivity index (χ3v) is 8.04. The summed E-state index contributed by atoms with van der Waals surface area (Å²) in [6.45, 7) is 6.26. The molecular formula is C32H31N5O4S. The van der Waals surface area contributed by atoms with E-state index in [4.69, 9.17) is 24.4 Å². The van der Waals surface area contributed by atoms with Gasteiger partial charge in [-0.15, -0.1) is 0 Å². The third kappa shape index (κ3) is 6.27. The number of hydrogen-bond acceptors (Lipinski definition) is 10. The predicted molar refractivity (Wildman–Crippen MR) is 160 cm³/mol. The van der Waals surface area contributed by atoms with Crippen molar-refractivity contribution in [2.45, 2.75) is 56.3 Å². The van der Waals surface area contributed by atoms with Crippen molar-refractivity contribution in [2.75, 3.05) is 19.5 Å². The number of hydrogen-bond donors (Lipinski definition) is 1. The summed E-state index contributed by atoms with van der Waals surface area (Å²) < 4.78 is 22.7. The number of rotatable bonds is 9. The van der Waals surface area contributed by atoms with Gasteiger partial charge in [0.15, 0.2) is 5.79 Å². The van der Waals surface area contributed by atoms with E-state index in [-0.39, 0.29) is 17.5 Å². The van der Waals surface area contributed by atoms with Crippen molar-refractivity contribution in [1.29, 1.82) is 10.5 Å². The maximum atomic E-state index is 10.2. The highest BCUT2D eigenvalue weighted by molar-refractivity contribution is 7.98. The molecule has 0 aliphatic carbocycles. The van der Waals surface area contributed by atoms with Crippen LogP contribution in [0.5, 0.6) is 5.75 Å². The van der Waals surface area contributed by atoms with E-state index in [2.05, 4.69) is 22.1 Å². The zero-order valence-corrected chi connectivity index (χ0v) is 24.7. The first-order valence-electron chi connectivity index (χ1n) is 13.5. The first-order chi connectivity index (χ1) is 20.2. The number of methoxy groups -OCH3 is 1. The molecule has 1 aliphatic rings. The standard InChI is InChI=1S/C32H31N5O4S/c1-19-27(36-30(40-19)22-10-13-23(38-4)14-11-22)18-42-31-26(16-34)28(25(15-33)29(35)37-31)21-8-5-20(6-9-21)7-12-24-17-39-32(2,3)41-24/h5-6,8-11,13-14,24H,7,12,17-18H2,1-4H3,(H2,35,37)/t24-/m1/s1. The highest BCUT2D eigenvalue weighted by Crippen LogP contribution is 2.37. The molecule has 0 amide bonds. The van der Waals surface area contributed by atoms with Gasteiger partial charge in [-0.1, -0.05) is 36.0 Å². The highest BCUT2D eigenvalue weighted by atomic mass is 32.2. The number of benzene rings is 2. The fourth-order valence-corrected chi connectivity index (χ4v) is 5.81. The van der Waals surface area contributed by atoms with Gasteiger partial charge in [0.05, 0.1) is 31.1 Å². The molecule has 0 saturated carbocycles. The lowest BCUT2D eigenvalue weighted by Gasteiger charge is -2.17. The summed E-state index contributed by atoms with van der Waals surface area (Å²) in [6, 6.07) is 19.7. The fraction of sp³-hybridized carbons (Fsp3) is 0.312. The number of nitrogens with zero attached hydrogens (tertiary/aromatic N) is 4. The minimum atomic E-state index is -0.544. The number of oxazole rings is 1. The zero-order chi connectivity index (χ0) is 29.9. The summed E-state index contributed by atoms with van der Waals surface area (Å²) >= 11 is 1.33. The Kier molecular flexibility index (Phi) is 8.51. The van der Waals surface area contributed by atoms with E-state index < -0.39 is 5.79 Å². The molecular weight excluding hydrogens is 550 g/mol. The number of nitriles is 2. The van der Waals surface area contributed by atoms with Gasteiger partial charge >= 0.3 is 0 Å². The zero-order valence-electron chi connectivity index (χ0n) is 23.9. The maximum absolute atomic E-state index is 10.2. The Labute approximate surface area is 249 Å². The SMILES string of the molecule is COc1ccc(-c2nc(CSc3nc(N)c(C#N)c(-c4ccc(CC[C@@H]5COC(C)(C)O5)cc4)c3C#N)c(C)o2)cc1. The van der Waals surface area contributed by atoms with Crippen molar-refractivity contribution >= 4 is 17.6 Å². The number of pyridine rings is 1. The van der Waals surface area contributed by atoms with Crippen LogP contribution in [0, 0.1) is 29.6 Å².